The van der Waals surface area contributed by atoms with E-state index in [1.54, 1.807) is 0 Å². The van der Waals surface area contributed by atoms with Crippen molar-refractivity contribution >= 4 is 28.8 Å². The molecule has 1 saturated carbocycles. The van der Waals surface area contributed by atoms with Crippen LogP contribution in [0.5, 0.6) is 0 Å². The number of pyridine rings is 1. The standard InChI is InChI=1S/C16H14ClN3/c17-12-4-1-3-11(9-12)15-10-20(13-6-7-13)16-14(19-15)5-2-8-18-16/h1-5,8-9,13H,6-7,10H2. The van der Waals surface area contributed by atoms with Gasteiger partial charge in [-0.25, -0.2) is 9.98 Å². The van der Waals surface area contributed by atoms with Crippen LogP contribution >= 0.6 is 11.6 Å². The highest BCUT2D eigenvalue weighted by Crippen LogP contribution is 2.38. The number of benzene rings is 1. The number of nitrogens with zero attached hydrogens (tertiary/aromatic N) is 3. The van der Waals surface area contributed by atoms with Gasteiger partial charge in [0.1, 0.15) is 5.69 Å². The van der Waals surface area contributed by atoms with Crippen molar-refractivity contribution in [3.05, 3.63) is 53.2 Å². The predicted molar refractivity (Wildman–Crippen MR) is 82.3 cm³/mol. The Morgan fingerprint density at radius 2 is 2.05 bits per heavy atom. The summed E-state index contributed by atoms with van der Waals surface area (Å²) in [5, 5.41) is 0.750. The molecule has 1 aromatic carbocycles. The molecule has 4 heteroatoms. The third kappa shape index (κ3) is 2.08. The van der Waals surface area contributed by atoms with Gasteiger partial charge in [0.15, 0.2) is 5.82 Å². The fraction of sp³-hybridized carbons (Fsp3) is 0.250. The smallest absolute Gasteiger partial charge is 0.155 e. The topological polar surface area (TPSA) is 28.5 Å². The maximum absolute atomic E-state index is 6.09. The summed E-state index contributed by atoms with van der Waals surface area (Å²) >= 11 is 6.09. The molecule has 4 rings (SSSR count). The highest BCUT2D eigenvalue weighted by atomic mass is 35.5. The summed E-state index contributed by atoms with van der Waals surface area (Å²) < 4.78 is 0. The molecule has 0 spiro atoms. The molecular formula is C16H14ClN3. The van der Waals surface area contributed by atoms with Gasteiger partial charge in [-0.15, -0.1) is 0 Å². The van der Waals surface area contributed by atoms with Crippen molar-refractivity contribution in [1.29, 1.82) is 0 Å². The van der Waals surface area contributed by atoms with Crippen LogP contribution in [-0.4, -0.2) is 23.3 Å². The lowest BCUT2D eigenvalue weighted by molar-refractivity contribution is 0.846. The van der Waals surface area contributed by atoms with Crippen LogP contribution < -0.4 is 4.90 Å². The first-order chi connectivity index (χ1) is 9.81. The zero-order valence-corrected chi connectivity index (χ0v) is 11.7. The Hall–Kier alpha value is -1.87. The van der Waals surface area contributed by atoms with Crippen LogP contribution in [0.25, 0.3) is 0 Å². The summed E-state index contributed by atoms with van der Waals surface area (Å²) in [5.41, 5.74) is 3.12. The lowest BCUT2D eigenvalue weighted by Crippen LogP contribution is -2.35. The van der Waals surface area contributed by atoms with Gasteiger partial charge in [0, 0.05) is 17.3 Å². The number of fused-ring (bicyclic) bond motifs is 1. The largest absolute Gasteiger partial charge is 0.346 e. The van der Waals surface area contributed by atoms with Crippen LogP contribution in [0.2, 0.25) is 5.02 Å². The molecule has 2 aliphatic rings. The molecule has 1 fully saturated rings. The Morgan fingerprint density at radius 1 is 1.15 bits per heavy atom. The number of hydrogen-bond acceptors (Lipinski definition) is 3. The molecule has 1 aliphatic heterocycles. The summed E-state index contributed by atoms with van der Waals surface area (Å²) in [5.74, 6) is 1.01. The summed E-state index contributed by atoms with van der Waals surface area (Å²) in [4.78, 5) is 11.6. The number of aliphatic imine (C=N–C) groups is 1. The second-order valence-corrected chi connectivity index (χ2v) is 5.71. The summed E-state index contributed by atoms with van der Waals surface area (Å²) in [7, 11) is 0. The summed E-state index contributed by atoms with van der Waals surface area (Å²) in [6.07, 6.45) is 4.34. The molecule has 1 aliphatic carbocycles. The van der Waals surface area contributed by atoms with E-state index in [-0.39, 0.29) is 0 Å². The van der Waals surface area contributed by atoms with Gasteiger partial charge >= 0.3 is 0 Å². The molecule has 0 unspecified atom stereocenters. The lowest BCUT2D eigenvalue weighted by Gasteiger charge is -2.29. The van der Waals surface area contributed by atoms with E-state index >= 15 is 0 Å². The van der Waals surface area contributed by atoms with Crippen LogP contribution in [0.15, 0.2) is 47.6 Å². The van der Waals surface area contributed by atoms with Gasteiger partial charge in [-0.2, -0.15) is 0 Å². The number of anilines is 1. The molecule has 0 saturated heterocycles. The fourth-order valence-corrected chi connectivity index (χ4v) is 2.82. The van der Waals surface area contributed by atoms with Crippen molar-refractivity contribution in [3.63, 3.8) is 0 Å². The van der Waals surface area contributed by atoms with E-state index < -0.39 is 0 Å². The van der Waals surface area contributed by atoms with Crippen molar-refractivity contribution in [2.45, 2.75) is 18.9 Å². The van der Waals surface area contributed by atoms with Gasteiger partial charge < -0.3 is 4.90 Å². The van der Waals surface area contributed by atoms with Crippen molar-refractivity contribution in [2.24, 2.45) is 4.99 Å². The van der Waals surface area contributed by atoms with Crippen molar-refractivity contribution < 1.29 is 0 Å². The molecule has 2 heterocycles. The maximum Gasteiger partial charge on any atom is 0.155 e. The molecule has 3 nitrogen and oxygen atoms in total. The van der Waals surface area contributed by atoms with E-state index in [1.165, 1.54) is 12.8 Å². The molecule has 0 atom stereocenters. The minimum absolute atomic E-state index is 0.619. The van der Waals surface area contributed by atoms with Gasteiger partial charge in [0.25, 0.3) is 0 Å². The highest BCUT2D eigenvalue weighted by molar-refractivity contribution is 6.31. The normalized spacial score (nSPS) is 17.6. The van der Waals surface area contributed by atoms with E-state index in [0.29, 0.717) is 6.04 Å². The molecular weight excluding hydrogens is 270 g/mol. The Morgan fingerprint density at radius 3 is 2.85 bits per heavy atom. The van der Waals surface area contributed by atoms with Gasteiger partial charge in [0.2, 0.25) is 0 Å². The molecule has 0 bridgehead atoms. The monoisotopic (exact) mass is 283 g/mol. The van der Waals surface area contributed by atoms with Crippen LogP contribution in [0.4, 0.5) is 11.5 Å². The Bertz CT molecular complexity index is 692. The van der Waals surface area contributed by atoms with E-state index in [1.807, 2.05) is 36.5 Å². The van der Waals surface area contributed by atoms with Crippen LogP contribution in [0, 0.1) is 0 Å². The summed E-state index contributed by atoms with van der Waals surface area (Å²) in [6.45, 7) is 0.815. The van der Waals surface area contributed by atoms with Gasteiger partial charge in [-0.3, -0.25) is 0 Å². The number of aromatic nitrogens is 1. The zero-order chi connectivity index (χ0) is 13.5. The Kier molecular flexibility index (Phi) is 2.74. The first kappa shape index (κ1) is 11.9. The van der Waals surface area contributed by atoms with Crippen LogP contribution in [0.1, 0.15) is 18.4 Å². The van der Waals surface area contributed by atoms with Gasteiger partial charge in [-0.1, -0.05) is 23.7 Å². The van der Waals surface area contributed by atoms with Gasteiger partial charge in [0.05, 0.1) is 12.3 Å². The average Bonchev–Trinajstić information content (AvgIpc) is 3.31. The summed E-state index contributed by atoms with van der Waals surface area (Å²) in [6, 6.07) is 12.5. The first-order valence-electron chi connectivity index (χ1n) is 6.86. The van der Waals surface area contributed by atoms with E-state index in [4.69, 9.17) is 16.6 Å². The molecule has 2 aromatic rings. The van der Waals surface area contributed by atoms with E-state index in [2.05, 4.69) is 16.0 Å². The SMILES string of the molecule is Clc1cccc(C2=Nc3cccnc3N(C3CC3)C2)c1. The van der Waals surface area contributed by atoms with Crippen molar-refractivity contribution in [1.82, 2.24) is 4.98 Å². The second-order valence-electron chi connectivity index (χ2n) is 5.27. The zero-order valence-electron chi connectivity index (χ0n) is 11.0. The van der Waals surface area contributed by atoms with Gasteiger partial charge in [-0.05, 0) is 42.7 Å². The molecule has 0 radical (unpaired) electrons. The van der Waals surface area contributed by atoms with Crippen LogP contribution in [-0.2, 0) is 0 Å². The molecule has 1 aromatic heterocycles. The van der Waals surface area contributed by atoms with E-state index in [0.717, 1.165) is 34.3 Å². The molecule has 20 heavy (non-hydrogen) atoms. The van der Waals surface area contributed by atoms with E-state index in [9.17, 15) is 0 Å². The lowest BCUT2D eigenvalue weighted by atomic mass is 10.1. The molecule has 0 N–H and O–H groups in total. The van der Waals surface area contributed by atoms with Crippen LogP contribution in [0.3, 0.4) is 0 Å². The second kappa shape index (κ2) is 4.60. The van der Waals surface area contributed by atoms with Crippen molar-refractivity contribution in [2.75, 3.05) is 11.4 Å². The quantitative estimate of drug-likeness (QED) is 0.838. The predicted octanol–water partition coefficient (Wildman–Crippen LogP) is 3.84. The number of rotatable bonds is 2. The Labute approximate surface area is 122 Å². The highest BCUT2D eigenvalue weighted by Gasteiger charge is 2.34. The minimum atomic E-state index is 0.619. The maximum atomic E-state index is 6.09. The third-order valence-corrected chi connectivity index (χ3v) is 3.99. The number of hydrogen-bond donors (Lipinski definition) is 0. The molecule has 0 amide bonds. The number of halogens is 1. The third-order valence-electron chi connectivity index (χ3n) is 3.76. The van der Waals surface area contributed by atoms with Crippen molar-refractivity contribution in [3.8, 4) is 0 Å². The first-order valence-corrected chi connectivity index (χ1v) is 7.24. The minimum Gasteiger partial charge on any atom is -0.346 e. The fourth-order valence-electron chi connectivity index (χ4n) is 2.63. The Balaban J connectivity index is 1.80. The average molecular weight is 284 g/mol. The molecule has 100 valence electrons.